The molecule has 1 aromatic carbocycles. The third-order valence-corrected chi connectivity index (χ3v) is 7.54. The van der Waals surface area contributed by atoms with Crippen molar-refractivity contribution in [2.24, 2.45) is 28.4 Å². The molecule has 21 heavy (non-hydrogen) atoms. The van der Waals surface area contributed by atoms with E-state index in [1.54, 1.807) is 0 Å². The minimum Gasteiger partial charge on any atom is -0.369 e. The topological polar surface area (TPSA) is 43.1 Å². The first kappa shape index (κ1) is 12.0. The predicted molar refractivity (Wildman–Crippen MR) is 81.4 cm³/mol. The van der Waals surface area contributed by atoms with Crippen LogP contribution in [-0.2, 0) is 10.2 Å². The third-order valence-electron chi connectivity index (χ3n) is 7.54. The molecular weight excluding hydrogens is 258 g/mol. The lowest BCUT2D eigenvalue weighted by atomic mass is 9.44. The molecule has 0 radical (unpaired) electrons. The molecule has 0 aliphatic heterocycles. The zero-order chi connectivity index (χ0) is 14.5. The Morgan fingerprint density at radius 3 is 2.62 bits per heavy atom. The number of fused-ring (bicyclic) bond motifs is 2. The van der Waals surface area contributed by atoms with Crippen molar-refractivity contribution >= 4 is 5.91 Å². The summed E-state index contributed by atoms with van der Waals surface area (Å²) in [6.45, 7) is 4.39. The smallest absolute Gasteiger partial charge is 0.223 e. The number of carbonyl (C=O) groups excluding carboxylic acids is 1. The SMILES string of the molecule is C=C1C2CC3(c4ccccc4)CC4(C(N)=O)C[C@H]1CC23C4. The first-order valence-corrected chi connectivity index (χ1v) is 8.07. The average Bonchev–Trinajstić information content (AvgIpc) is 2.74. The molecule has 0 aromatic heterocycles. The third kappa shape index (κ3) is 1.06. The Balaban J connectivity index is 1.74. The van der Waals surface area contributed by atoms with Crippen LogP contribution in [0.15, 0.2) is 42.5 Å². The van der Waals surface area contributed by atoms with Crippen molar-refractivity contribution < 1.29 is 4.79 Å². The maximum absolute atomic E-state index is 12.3. The molecule has 5 rings (SSSR count). The number of hydrogen-bond acceptors (Lipinski definition) is 1. The van der Waals surface area contributed by atoms with Crippen LogP contribution < -0.4 is 5.73 Å². The molecule has 4 fully saturated rings. The van der Waals surface area contributed by atoms with Crippen molar-refractivity contribution in [2.75, 3.05) is 0 Å². The fourth-order valence-corrected chi connectivity index (χ4v) is 6.84. The van der Waals surface area contributed by atoms with Gasteiger partial charge in [-0.15, -0.1) is 0 Å². The summed E-state index contributed by atoms with van der Waals surface area (Å²) in [5.41, 5.74) is 8.93. The van der Waals surface area contributed by atoms with Crippen LogP contribution in [0, 0.1) is 22.7 Å². The Bertz CT molecular complexity index is 680. The van der Waals surface area contributed by atoms with Gasteiger partial charge >= 0.3 is 0 Å². The molecule has 2 nitrogen and oxygen atoms in total. The highest BCUT2D eigenvalue weighted by molar-refractivity contribution is 5.83. The maximum Gasteiger partial charge on any atom is 0.223 e. The number of primary amides is 1. The summed E-state index contributed by atoms with van der Waals surface area (Å²) in [6, 6.07) is 10.9. The second-order valence-electron chi connectivity index (χ2n) is 8.04. The van der Waals surface area contributed by atoms with Gasteiger partial charge in [-0.05, 0) is 54.9 Å². The molecule has 1 spiro atoms. The number of carbonyl (C=O) groups is 1. The van der Waals surface area contributed by atoms with E-state index in [0.29, 0.717) is 11.8 Å². The minimum atomic E-state index is -0.271. The van der Waals surface area contributed by atoms with Gasteiger partial charge in [0.05, 0.1) is 5.41 Å². The molecule has 2 N–H and O–H groups in total. The molecule has 4 aliphatic carbocycles. The van der Waals surface area contributed by atoms with Crippen LogP contribution in [-0.4, -0.2) is 5.91 Å². The van der Waals surface area contributed by atoms with Gasteiger partial charge < -0.3 is 5.73 Å². The lowest BCUT2D eigenvalue weighted by Crippen LogP contribution is -2.55. The number of rotatable bonds is 2. The molecule has 4 unspecified atom stereocenters. The van der Waals surface area contributed by atoms with Gasteiger partial charge in [-0.3, -0.25) is 4.79 Å². The summed E-state index contributed by atoms with van der Waals surface area (Å²) in [5, 5.41) is 0. The average molecular weight is 279 g/mol. The lowest BCUT2D eigenvalue weighted by molar-refractivity contribution is -0.129. The number of nitrogens with two attached hydrogens (primary N) is 1. The van der Waals surface area contributed by atoms with Crippen LogP contribution in [0.4, 0.5) is 0 Å². The highest BCUT2D eigenvalue weighted by atomic mass is 16.1. The van der Waals surface area contributed by atoms with Gasteiger partial charge in [0.25, 0.3) is 0 Å². The molecular formula is C19H21NO. The number of hydrogen-bond donors (Lipinski definition) is 1. The Morgan fingerprint density at radius 1 is 1.14 bits per heavy atom. The van der Waals surface area contributed by atoms with Crippen molar-refractivity contribution in [3.63, 3.8) is 0 Å². The van der Waals surface area contributed by atoms with Crippen LogP contribution >= 0.6 is 0 Å². The van der Waals surface area contributed by atoms with Crippen LogP contribution in [0.5, 0.6) is 0 Å². The highest BCUT2D eigenvalue weighted by Crippen LogP contribution is 2.85. The van der Waals surface area contributed by atoms with Crippen LogP contribution in [0.3, 0.4) is 0 Å². The molecule has 3 bridgehead atoms. The van der Waals surface area contributed by atoms with Gasteiger partial charge in [0.1, 0.15) is 0 Å². The monoisotopic (exact) mass is 279 g/mol. The van der Waals surface area contributed by atoms with E-state index in [0.717, 1.165) is 19.3 Å². The number of amides is 1. The second-order valence-corrected chi connectivity index (χ2v) is 8.04. The largest absolute Gasteiger partial charge is 0.369 e. The molecule has 4 saturated carbocycles. The van der Waals surface area contributed by atoms with Crippen LogP contribution in [0.1, 0.15) is 37.7 Å². The number of allylic oxidation sites excluding steroid dienone is 1. The van der Waals surface area contributed by atoms with Crippen molar-refractivity contribution in [3.8, 4) is 0 Å². The fraction of sp³-hybridized carbons (Fsp3) is 0.526. The van der Waals surface area contributed by atoms with E-state index in [1.165, 1.54) is 24.0 Å². The minimum absolute atomic E-state index is 0.0651. The highest BCUT2D eigenvalue weighted by Gasteiger charge is 2.80. The molecule has 5 atom stereocenters. The summed E-state index contributed by atoms with van der Waals surface area (Å²) in [6.07, 6.45) is 5.35. The van der Waals surface area contributed by atoms with E-state index >= 15 is 0 Å². The quantitative estimate of drug-likeness (QED) is 0.830. The zero-order valence-corrected chi connectivity index (χ0v) is 12.3. The lowest BCUT2D eigenvalue weighted by Gasteiger charge is -2.59. The Kier molecular flexibility index (Phi) is 1.87. The summed E-state index contributed by atoms with van der Waals surface area (Å²) in [7, 11) is 0. The van der Waals surface area contributed by atoms with Crippen molar-refractivity contribution in [2.45, 2.75) is 37.5 Å². The van der Waals surface area contributed by atoms with E-state index in [2.05, 4.69) is 36.9 Å². The Morgan fingerprint density at radius 2 is 1.90 bits per heavy atom. The second kappa shape index (κ2) is 3.26. The van der Waals surface area contributed by atoms with Gasteiger partial charge in [-0.25, -0.2) is 0 Å². The molecule has 0 saturated heterocycles. The van der Waals surface area contributed by atoms with E-state index in [4.69, 9.17) is 5.73 Å². The molecule has 108 valence electrons. The molecule has 1 aromatic rings. The van der Waals surface area contributed by atoms with Crippen molar-refractivity contribution in [1.82, 2.24) is 0 Å². The van der Waals surface area contributed by atoms with Crippen LogP contribution in [0.25, 0.3) is 0 Å². The van der Waals surface area contributed by atoms with Gasteiger partial charge in [0.15, 0.2) is 0 Å². The van der Waals surface area contributed by atoms with Gasteiger partial charge in [0, 0.05) is 5.41 Å². The standard InChI is InChI=1S/C19H21NO/c1-12-13-7-17(16(20)21)10-18(14-5-3-2-4-6-14)9-15(12)19(18,8-13)11-17/h2-6,13,15H,1,7-11H2,(H2,20,21)/t13-,15?,17?,18?,19?/m0/s1. The van der Waals surface area contributed by atoms with Gasteiger partial charge in [-0.1, -0.05) is 42.5 Å². The first-order chi connectivity index (χ1) is 10.0. The molecule has 0 heterocycles. The molecule has 4 aliphatic rings. The predicted octanol–water partition coefficient (Wildman–Crippen LogP) is 3.18. The van der Waals surface area contributed by atoms with E-state index in [-0.39, 0.29) is 22.2 Å². The van der Waals surface area contributed by atoms with E-state index in [9.17, 15) is 4.79 Å². The maximum atomic E-state index is 12.3. The summed E-state index contributed by atoms with van der Waals surface area (Å²) < 4.78 is 0. The summed E-state index contributed by atoms with van der Waals surface area (Å²) >= 11 is 0. The Labute approximate surface area is 125 Å². The van der Waals surface area contributed by atoms with E-state index < -0.39 is 0 Å². The number of benzene rings is 1. The Hall–Kier alpha value is -1.57. The van der Waals surface area contributed by atoms with Gasteiger partial charge in [0.2, 0.25) is 5.91 Å². The fourth-order valence-electron chi connectivity index (χ4n) is 6.84. The normalized spacial score (nSPS) is 49.0. The summed E-state index contributed by atoms with van der Waals surface area (Å²) in [4.78, 5) is 12.3. The first-order valence-electron chi connectivity index (χ1n) is 8.07. The summed E-state index contributed by atoms with van der Waals surface area (Å²) in [5.74, 6) is 1.10. The molecule has 2 heteroatoms. The van der Waals surface area contributed by atoms with Gasteiger partial charge in [-0.2, -0.15) is 0 Å². The van der Waals surface area contributed by atoms with Crippen LogP contribution in [0.2, 0.25) is 0 Å². The zero-order valence-electron chi connectivity index (χ0n) is 12.3. The van der Waals surface area contributed by atoms with Crippen molar-refractivity contribution in [3.05, 3.63) is 48.0 Å². The van der Waals surface area contributed by atoms with E-state index in [1.807, 2.05) is 0 Å². The van der Waals surface area contributed by atoms with Crippen molar-refractivity contribution in [1.29, 1.82) is 0 Å². The molecule has 1 amide bonds.